The van der Waals surface area contributed by atoms with Crippen LogP contribution in [0.3, 0.4) is 0 Å². The van der Waals surface area contributed by atoms with Crippen molar-refractivity contribution in [2.45, 2.75) is 0 Å². The zero-order chi connectivity index (χ0) is 9.45. The lowest BCUT2D eigenvalue weighted by atomic mass is 10.8. The van der Waals surface area contributed by atoms with Gasteiger partial charge in [0.15, 0.2) is 0 Å². The van der Waals surface area contributed by atoms with E-state index in [1.54, 1.807) is 0 Å². The fraction of sp³-hybridized carbons (Fsp3) is 1.00. The number of methoxy groups -OCH3 is 2. The molecule has 0 aromatic rings. The molecule has 0 heterocycles. The molecule has 0 saturated heterocycles. The molecule has 0 aliphatic carbocycles. The second-order valence-corrected chi connectivity index (χ2v) is 4.16. The Morgan fingerprint density at radius 1 is 1.17 bits per heavy atom. The Labute approximate surface area is 72.2 Å². The van der Waals surface area contributed by atoms with Crippen LogP contribution in [0, 0.1) is 0 Å². The first kappa shape index (κ1) is 12.1. The molecule has 0 aromatic heterocycles. The normalized spacial score (nSPS) is 15.9. The molecule has 5 nitrogen and oxygen atoms in total. The van der Waals surface area contributed by atoms with Crippen LogP contribution in [0.2, 0.25) is 0 Å². The minimum Gasteiger partial charge on any atom is -0.384 e. The molecule has 0 aromatic carbocycles. The third-order valence-corrected chi connectivity index (χ3v) is 2.49. The van der Waals surface area contributed by atoms with Gasteiger partial charge in [0.2, 0.25) is 0 Å². The quantitative estimate of drug-likeness (QED) is 0.476. The molecule has 0 radical (unpaired) electrons. The van der Waals surface area contributed by atoms with Gasteiger partial charge in [0.05, 0.1) is 26.0 Å². The van der Waals surface area contributed by atoms with Crippen LogP contribution in [-0.4, -0.2) is 45.1 Å². The van der Waals surface area contributed by atoms with Gasteiger partial charge >= 0.3 is 7.60 Å². The summed E-state index contributed by atoms with van der Waals surface area (Å²) in [4.78, 5) is 9.07. The molecule has 0 fully saturated rings. The zero-order valence-corrected chi connectivity index (χ0v) is 8.25. The average molecular weight is 198 g/mol. The van der Waals surface area contributed by atoms with Crippen LogP contribution in [0.5, 0.6) is 0 Å². The Kier molecular flexibility index (Phi) is 6.61. The first-order chi connectivity index (χ1) is 5.62. The van der Waals surface area contributed by atoms with E-state index in [0.717, 1.165) is 0 Å². The molecule has 1 unspecified atom stereocenters. The highest BCUT2D eigenvalue weighted by Gasteiger charge is 2.17. The van der Waals surface area contributed by atoms with E-state index in [1.807, 2.05) is 0 Å². The second-order valence-electron chi connectivity index (χ2n) is 2.18. The fourth-order valence-electron chi connectivity index (χ4n) is 0.534. The molecule has 1 atom stereocenters. The summed E-state index contributed by atoms with van der Waals surface area (Å²) in [6.45, 7) is 0.673. The van der Waals surface area contributed by atoms with E-state index in [4.69, 9.17) is 4.89 Å². The monoisotopic (exact) mass is 198 g/mol. The highest BCUT2D eigenvalue weighted by molar-refractivity contribution is 7.52. The van der Waals surface area contributed by atoms with E-state index < -0.39 is 7.60 Å². The first-order valence-corrected chi connectivity index (χ1v) is 5.33. The first-order valence-electron chi connectivity index (χ1n) is 3.56. The second kappa shape index (κ2) is 6.57. The summed E-state index contributed by atoms with van der Waals surface area (Å²) in [7, 11) is -0.476. The van der Waals surface area contributed by atoms with Gasteiger partial charge in [-0.25, -0.2) is 0 Å². The smallest absolute Gasteiger partial charge is 0.330 e. The van der Waals surface area contributed by atoms with Crippen LogP contribution in [0.15, 0.2) is 0 Å². The van der Waals surface area contributed by atoms with Crippen molar-refractivity contribution in [2.24, 2.45) is 0 Å². The van der Waals surface area contributed by atoms with Gasteiger partial charge in [0.25, 0.3) is 0 Å². The fourth-order valence-corrected chi connectivity index (χ4v) is 1.44. The molecule has 12 heavy (non-hydrogen) atoms. The Hall–Kier alpha value is 0.0700. The molecule has 0 rings (SSSR count). The minimum atomic E-state index is -3.44. The van der Waals surface area contributed by atoms with Crippen molar-refractivity contribution in [3.8, 4) is 0 Å². The van der Waals surface area contributed by atoms with Gasteiger partial charge in [-0.3, -0.25) is 4.57 Å². The molecular weight excluding hydrogens is 183 g/mol. The lowest BCUT2D eigenvalue weighted by Gasteiger charge is -2.10. The summed E-state index contributed by atoms with van der Waals surface area (Å²) >= 11 is 0. The summed E-state index contributed by atoms with van der Waals surface area (Å²) in [5, 5.41) is 0. The molecule has 6 heteroatoms. The van der Waals surface area contributed by atoms with Gasteiger partial charge in [-0.05, 0) is 0 Å². The third-order valence-electron chi connectivity index (χ3n) is 1.16. The van der Waals surface area contributed by atoms with E-state index in [1.165, 1.54) is 14.2 Å². The van der Waals surface area contributed by atoms with Gasteiger partial charge in [0.1, 0.15) is 0 Å². The van der Waals surface area contributed by atoms with Gasteiger partial charge in [0, 0.05) is 14.2 Å². The Bertz CT molecular complexity index is 149. The Morgan fingerprint density at radius 3 is 2.25 bits per heavy atom. The number of ether oxygens (including phenoxy) is 2. The summed E-state index contributed by atoms with van der Waals surface area (Å²) in [6, 6.07) is 0. The predicted molar refractivity (Wildman–Crippen MR) is 44.4 cm³/mol. The topological polar surface area (TPSA) is 65.0 Å². The SMILES string of the molecule is COCCOP(=O)(O)CCOC. The van der Waals surface area contributed by atoms with E-state index >= 15 is 0 Å². The number of rotatable bonds is 7. The highest BCUT2D eigenvalue weighted by atomic mass is 31.2. The minimum absolute atomic E-state index is 0.0210. The van der Waals surface area contributed by atoms with Crippen LogP contribution in [0.25, 0.3) is 0 Å². The lowest BCUT2D eigenvalue weighted by molar-refractivity contribution is 0.134. The van der Waals surface area contributed by atoms with Crippen molar-refractivity contribution >= 4 is 7.60 Å². The van der Waals surface area contributed by atoms with Crippen LogP contribution in [0.1, 0.15) is 0 Å². The van der Waals surface area contributed by atoms with E-state index in [9.17, 15) is 4.57 Å². The zero-order valence-electron chi connectivity index (χ0n) is 7.36. The summed E-state index contributed by atoms with van der Waals surface area (Å²) in [5.41, 5.74) is 0. The standard InChI is InChI=1S/C6H15O5P/c1-9-3-4-11-12(7,8)6-5-10-2/h3-6H2,1-2H3,(H,7,8). The molecule has 0 aliphatic heterocycles. The molecule has 0 bridgehead atoms. The van der Waals surface area contributed by atoms with E-state index in [0.29, 0.717) is 6.61 Å². The summed E-state index contributed by atoms with van der Waals surface area (Å²) in [6.07, 6.45) is 0.0210. The Morgan fingerprint density at radius 2 is 1.75 bits per heavy atom. The van der Waals surface area contributed by atoms with Crippen molar-refractivity contribution in [1.29, 1.82) is 0 Å². The summed E-state index contributed by atoms with van der Waals surface area (Å²) < 4.78 is 25.0. The van der Waals surface area contributed by atoms with Gasteiger partial charge < -0.3 is 18.9 Å². The van der Waals surface area contributed by atoms with Gasteiger partial charge in [-0.2, -0.15) is 0 Å². The van der Waals surface area contributed by atoms with Crippen LogP contribution >= 0.6 is 7.60 Å². The van der Waals surface area contributed by atoms with Crippen LogP contribution in [-0.2, 0) is 18.6 Å². The van der Waals surface area contributed by atoms with Crippen molar-refractivity contribution in [3.63, 3.8) is 0 Å². The van der Waals surface area contributed by atoms with Crippen molar-refractivity contribution < 1.29 is 23.5 Å². The van der Waals surface area contributed by atoms with E-state index in [2.05, 4.69) is 14.0 Å². The van der Waals surface area contributed by atoms with Crippen molar-refractivity contribution in [2.75, 3.05) is 40.2 Å². The van der Waals surface area contributed by atoms with Crippen LogP contribution < -0.4 is 0 Å². The number of hydrogen-bond donors (Lipinski definition) is 1. The largest absolute Gasteiger partial charge is 0.384 e. The molecule has 0 spiro atoms. The van der Waals surface area contributed by atoms with E-state index in [-0.39, 0.29) is 19.4 Å². The molecule has 0 saturated carbocycles. The maximum Gasteiger partial charge on any atom is 0.330 e. The third kappa shape index (κ3) is 6.76. The van der Waals surface area contributed by atoms with Crippen molar-refractivity contribution in [3.05, 3.63) is 0 Å². The molecule has 1 N–H and O–H groups in total. The Balaban J connectivity index is 3.49. The maximum atomic E-state index is 11.0. The maximum absolute atomic E-state index is 11.0. The average Bonchev–Trinajstić information content (AvgIpc) is 2.01. The molecule has 74 valence electrons. The lowest BCUT2D eigenvalue weighted by Crippen LogP contribution is -2.05. The number of hydrogen-bond acceptors (Lipinski definition) is 4. The molecule has 0 aliphatic rings. The predicted octanol–water partition coefficient (Wildman–Crippen LogP) is 0.481. The summed E-state index contributed by atoms with van der Waals surface area (Å²) in [5.74, 6) is 0. The van der Waals surface area contributed by atoms with Gasteiger partial charge in [-0.15, -0.1) is 0 Å². The van der Waals surface area contributed by atoms with Gasteiger partial charge in [-0.1, -0.05) is 0 Å². The van der Waals surface area contributed by atoms with Crippen LogP contribution in [0.4, 0.5) is 0 Å². The molecular formula is C6H15O5P. The molecule has 0 amide bonds. The highest BCUT2D eigenvalue weighted by Crippen LogP contribution is 2.40. The van der Waals surface area contributed by atoms with Crippen molar-refractivity contribution in [1.82, 2.24) is 0 Å².